The third-order valence-electron chi connectivity index (χ3n) is 3.31. The van der Waals surface area contributed by atoms with Crippen molar-refractivity contribution >= 4 is 5.82 Å². The van der Waals surface area contributed by atoms with Gasteiger partial charge in [0.05, 0.1) is 6.61 Å². The highest BCUT2D eigenvalue weighted by atomic mass is 16.7. The average molecular weight is 315 g/mol. The van der Waals surface area contributed by atoms with Gasteiger partial charge in [0.25, 0.3) is 0 Å². The molecular weight excluding hydrogens is 294 g/mol. The first kappa shape index (κ1) is 16.8. The van der Waals surface area contributed by atoms with E-state index in [9.17, 15) is 9.90 Å². The standard InChI is InChI=1S/C13H21N3O6/c1-3-20-7-21-11-8(6-19-2)22-12(10(11)17)16-5-4-9(14)15-13(16)18/h4-5,8,10-12,17H,3,6-7H2,1-2H3,(H2,14,15,18). The molecule has 0 saturated carbocycles. The quantitative estimate of drug-likeness (QED) is 0.491. The lowest BCUT2D eigenvalue weighted by atomic mass is 10.1. The Morgan fingerprint density at radius 1 is 1.55 bits per heavy atom. The van der Waals surface area contributed by atoms with Crippen LogP contribution in [-0.2, 0) is 18.9 Å². The van der Waals surface area contributed by atoms with E-state index in [-0.39, 0.29) is 19.2 Å². The fourth-order valence-electron chi connectivity index (χ4n) is 2.28. The number of rotatable bonds is 7. The van der Waals surface area contributed by atoms with Gasteiger partial charge in [0.1, 0.15) is 30.9 Å². The van der Waals surface area contributed by atoms with Gasteiger partial charge in [0, 0.05) is 19.9 Å². The first-order valence-corrected chi connectivity index (χ1v) is 6.95. The summed E-state index contributed by atoms with van der Waals surface area (Å²) < 4.78 is 22.6. The molecule has 22 heavy (non-hydrogen) atoms. The van der Waals surface area contributed by atoms with E-state index >= 15 is 0 Å². The van der Waals surface area contributed by atoms with Crippen LogP contribution >= 0.6 is 0 Å². The van der Waals surface area contributed by atoms with Crippen LogP contribution < -0.4 is 11.4 Å². The summed E-state index contributed by atoms with van der Waals surface area (Å²) >= 11 is 0. The summed E-state index contributed by atoms with van der Waals surface area (Å²) in [5.74, 6) is 0.103. The van der Waals surface area contributed by atoms with E-state index < -0.39 is 30.2 Å². The third-order valence-corrected chi connectivity index (χ3v) is 3.31. The van der Waals surface area contributed by atoms with Gasteiger partial charge in [-0.1, -0.05) is 0 Å². The van der Waals surface area contributed by atoms with E-state index in [0.29, 0.717) is 6.61 Å². The van der Waals surface area contributed by atoms with Gasteiger partial charge in [-0.2, -0.15) is 4.98 Å². The van der Waals surface area contributed by atoms with E-state index in [1.165, 1.54) is 23.9 Å². The maximum Gasteiger partial charge on any atom is 0.351 e. The minimum atomic E-state index is -1.07. The molecule has 1 fully saturated rings. The summed E-state index contributed by atoms with van der Waals surface area (Å²) in [7, 11) is 1.51. The molecule has 1 aliphatic rings. The minimum absolute atomic E-state index is 0.0173. The molecule has 0 spiro atoms. The monoisotopic (exact) mass is 315 g/mol. The molecule has 1 aromatic heterocycles. The molecule has 9 nitrogen and oxygen atoms in total. The van der Waals surface area contributed by atoms with Crippen molar-refractivity contribution in [2.45, 2.75) is 31.5 Å². The van der Waals surface area contributed by atoms with Gasteiger partial charge in [0.15, 0.2) is 6.23 Å². The van der Waals surface area contributed by atoms with Crippen LogP contribution in [0.15, 0.2) is 17.1 Å². The normalized spacial score (nSPS) is 28.1. The zero-order chi connectivity index (χ0) is 16.1. The fraction of sp³-hybridized carbons (Fsp3) is 0.692. The highest BCUT2D eigenvalue weighted by Crippen LogP contribution is 2.30. The number of nitrogens with two attached hydrogens (primary N) is 1. The van der Waals surface area contributed by atoms with Crippen molar-refractivity contribution in [2.75, 3.05) is 32.9 Å². The molecule has 2 rings (SSSR count). The Hall–Kier alpha value is -1.52. The topological polar surface area (TPSA) is 118 Å². The molecule has 1 saturated heterocycles. The molecule has 4 atom stereocenters. The predicted octanol–water partition coefficient (Wildman–Crippen LogP) is -0.891. The van der Waals surface area contributed by atoms with Crippen molar-refractivity contribution in [2.24, 2.45) is 0 Å². The van der Waals surface area contributed by atoms with Gasteiger partial charge in [-0.05, 0) is 13.0 Å². The van der Waals surface area contributed by atoms with E-state index in [1.807, 2.05) is 6.92 Å². The van der Waals surface area contributed by atoms with Crippen LogP contribution in [0.4, 0.5) is 5.82 Å². The van der Waals surface area contributed by atoms with Crippen molar-refractivity contribution in [3.63, 3.8) is 0 Å². The second kappa shape index (κ2) is 7.65. The largest absolute Gasteiger partial charge is 0.386 e. The molecule has 124 valence electrons. The minimum Gasteiger partial charge on any atom is -0.386 e. The van der Waals surface area contributed by atoms with Gasteiger partial charge in [-0.25, -0.2) is 4.79 Å². The van der Waals surface area contributed by atoms with Crippen LogP contribution in [0, 0.1) is 0 Å². The van der Waals surface area contributed by atoms with Crippen LogP contribution in [0.1, 0.15) is 13.2 Å². The molecule has 1 aromatic rings. The summed E-state index contributed by atoms with van der Waals surface area (Å²) in [5, 5.41) is 10.4. The molecule has 0 amide bonds. The Labute approximate surface area is 127 Å². The number of nitrogen functional groups attached to an aromatic ring is 1. The van der Waals surface area contributed by atoms with E-state index in [4.69, 9.17) is 24.7 Å². The molecule has 3 N–H and O–H groups in total. The van der Waals surface area contributed by atoms with Gasteiger partial charge in [-0.3, -0.25) is 4.57 Å². The SMILES string of the molecule is CCOCOC1C(COC)OC(n2ccc(N)nc2=O)C1O. The van der Waals surface area contributed by atoms with Crippen molar-refractivity contribution in [3.05, 3.63) is 22.7 Å². The Morgan fingerprint density at radius 3 is 2.95 bits per heavy atom. The van der Waals surface area contributed by atoms with Crippen molar-refractivity contribution in [1.82, 2.24) is 9.55 Å². The second-order valence-corrected chi connectivity index (χ2v) is 4.80. The van der Waals surface area contributed by atoms with Crippen molar-refractivity contribution in [1.29, 1.82) is 0 Å². The Balaban J connectivity index is 2.17. The number of hydrogen-bond donors (Lipinski definition) is 2. The van der Waals surface area contributed by atoms with Crippen LogP contribution in [0.5, 0.6) is 0 Å². The number of nitrogens with zero attached hydrogens (tertiary/aromatic N) is 2. The molecule has 0 radical (unpaired) electrons. The van der Waals surface area contributed by atoms with Gasteiger partial charge >= 0.3 is 5.69 Å². The highest BCUT2D eigenvalue weighted by Gasteiger charge is 2.46. The van der Waals surface area contributed by atoms with E-state index in [0.717, 1.165) is 0 Å². The molecule has 0 aromatic carbocycles. The number of ether oxygens (including phenoxy) is 4. The van der Waals surface area contributed by atoms with Gasteiger partial charge in [0.2, 0.25) is 0 Å². The molecular formula is C13H21N3O6. The van der Waals surface area contributed by atoms with E-state index in [1.54, 1.807) is 0 Å². The maximum atomic E-state index is 11.9. The van der Waals surface area contributed by atoms with Gasteiger partial charge < -0.3 is 29.8 Å². The number of hydrogen-bond acceptors (Lipinski definition) is 8. The first-order valence-electron chi connectivity index (χ1n) is 6.95. The van der Waals surface area contributed by atoms with Crippen molar-refractivity contribution in [3.8, 4) is 0 Å². The zero-order valence-electron chi connectivity index (χ0n) is 12.5. The lowest BCUT2D eigenvalue weighted by molar-refractivity contribution is -0.131. The number of aromatic nitrogens is 2. The maximum absolute atomic E-state index is 11.9. The van der Waals surface area contributed by atoms with Crippen LogP contribution in [0.2, 0.25) is 0 Å². The smallest absolute Gasteiger partial charge is 0.351 e. The predicted molar refractivity (Wildman–Crippen MR) is 76.1 cm³/mol. The number of aliphatic hydroxyl groups is 1. The lowest BCUT2D eigenvalue weighted by Gasteiger charge is -2.20. The molecule has 9 heteroatoms. The van der Waals surface area contributed by atoms with Crippen molar-refractivity contribution < 1.29 is 24.1 Å². The molecule has 0 bridgehead atoms. The summed E-state index contributed by atoms with van der Waals surface area (Å²) in [6.07, 6.45) is -1.78. The third kappa shape index (κ3) is 3.62. The molecule has 2 heterocycles. The average Bonchev–Trinajstić information content (AvgIpc) is 2.77. The van der Waals surface area contributed by atoms with Crippen LogP contribution in [-0.4, -0.2) is 60.1 Å². The fourth-order valence-corrected chi connectivity index (χ4v) is 2.28. The Bertz CT molecular complexity index is 537. The van der Waals surface area contributed by atoms with Crippen LogP contribution in [0.25, 0.3) is 0 Å². The first-order chi connectivity index (χ1) is 10.6. The summed E-state index contributed by atoms with van der Waals surface area (Å²) in [6, 6.07) is 1.46. The lowest BCUT2D eigenvalue weighted by Crippen LogP contribution is -2.38. The number of methoxy groups -OCH3 is 1. The van der Waals surface area contributed by atoms with Gasteiger partial charge in [-0.15, -0.1) is 0 Å². The molecule has 4 unspecified atom stereocenters. The number of anilines is 1. The highest BCUT2D eigenvalue weighted by molar-refractivity contribution is 5.23. The molecule has 0 aliphatic carbocycles. The Morgan fingerprint density at radius 2 is 2.32 bits per heavy atom. The second-order valence-electron chi connectivity index (χ2n) is 4.80. The zero-order valence-corrected chi connectivity index (χ0v) is 12.5. The Kier molecular flexibility index (Phi) is 5.86. The van der Waals surface area contributed by atoms with Crippen LogP contribution in [0.3, 0.4) is 0 Å². The molecule has 1 aliphatic heterocycles. The summed E-state index contributed by atoms with van der Waals surface area (Å²) in [4.78, 5) is 15.5. The summed E-state index contributed by atoms with van der Waals surface area (Å²) in [6.45, 7) is 2.55. The van der Waals surface area contributed by atoms with E-state index in [2.05, 4.69) is 4.98 Å². The summed E-state index contributed by atoms with van der Waals surface area (Å²) in [5.41, 5.74) is 4.85. The number of aliphatic hydroxyl groups excluding tert-OH is 1.